The highest BCUT2D eigenvalue weighted by molar-refractivity contribution is 7.80. The summed E-state index contributed by atoms with van der Waals surface area (Å²) < 4.78 is 7.87. The number of hydrogen-bond donors (Lipinski definition) is 1. The Morgan fingerprint density at radius 2 is 2.15 bits per heavy atom. The van der Waals surface area contributed by atoms with Crippen LogP contribution in [-0.4, -0.2) is 15.7 Å². The molecule has 1 aromatic carbocycles. The molecule has 0 fully saturated rings. The summed E-state index contributed by atoms with van der Waals surface area (Å²) in [5.74, 6) is 0.712. The van der Waals surface area contributed by atoms with Crippen molar-refractivity contribution in [3.63, 3.8) is 0 Å². The molecule has 1 atom stereocenters. The van der Waals surface area contributed by atoms with E-state index in [0.717, 1.165) is 46.4 Å². The average Bonchev–Trinajstić information content (AvgIpc) is 3.08. The van der Waals surface area contributed by atoms with E-state index in [1.807, 2.05) is 37.3 Å². The summed E-state index contributed by atoms with van der Waals surface area (Å²) in [6, 6.07) is 9.72. The van der Waals surface area contributed by atoms with Crippen molar-refractivity contribution < 1.29 is 4.74 Å². The highest BCUT2D eigenvalue weighted by Gasteiger charge is 2.30. The Balaban J connectivity index is 1.97. The SMILES string of the molecule is CCCCC1Cc2c(c3cccnc3n(-c3cccc(C)c3S)c2=O)O1. The number of benzene rings is 1. The predicted octanol–water partition coefficient (Wildman–Crippen LogP) is 4.48. The molecule has 0 bridgehead atoms. The molecule has 0 amide bonds. The second-order valence-electron chi connectivity index (χ2n) is 6.85. The van der Waals surface area contributed by atoms with E-state index < -0.39 is 0 Å². The summed E-state index contributed by atoms with van der Waals surface area (Å²) in [6.45, 7) is 4.16. The molecule has 4 nitrogen and oxygen atoms in total. The lowest BCUT2D eigenvalue weighted by molar-refractivity contribution is 0.219. The van der Waals surface area contributed by atoms with E-state index >= 15 is 0 Å². The van der Waals surface area contributed by atoms with Crippen LogP contribution < -0.4 is 10.3 Å². The molecular weight excluding hydrogens is 344 g/mol. The van der Waals surface area contributed by atoms with Crippen molar-refractivity contribution >= 4 is 23.7 Å². The minimum atomic E-state index is -0.0499. The van der Waals surface area contributed by atoms with Crippen LogP contribution in [0.1, 0.15) is 37.3 Å². The molecule has 0 N–H and O–H groups in total. The Labute approximate surface area is 158 Å². The maximum atomic E-state index is 13.4. The van der Waals surface area contributed by atoms with Gasteiger partial charge in [0.15, 0.2) is 5.65 Å². The first-order valence-electron chi connectivity index (χ1n) is 9.10. The van der Waals surface area contributed by atoms with Crippen LogP contribution in [0.4, 0.5) is 0 Å². The van der Waals surface area contributed by atoms with E-state index in [1.54, 1.807) is 10.8 Å². The number of thiol groups is 1. The van der Waals surface area contributed by atoms with E-state index in [-0.39, 0.29) is 11.7 Å². The second-order valence-corrected chi connectivity index (χ2v) is 7.30. The molecule has 0 saturated carbocycles. The van der Waals surface area contributed by atoms with Crippen molar-refractivity contribution in [2.75, 3.05) is 0 Å². The highest BCUT2D eigenvalue weighted by Crippen LogP contribution is 2.36. The molecule has 0 saturated heterocycles. The first-order chi connectivity index (χ1) is 12.6. The van der Waals surface area contributed by atoms with Gasteiger partial charge in [0.2, 0.25) is 0 Å². The summed E-state index contributed by atoms with van der Waals surface area (Å²) in [4.78, 5) is 18.7. The molecular formula is C21H22N2O2S. The van der Waals surface area contributed by atoms with Crippen molar-refractivity contribution in [3.05, 3.63) is 58.0 Å². The summed E-state index contributed by atoms with van der Waals surface area (Å²) in [5.41, 5.74) is 3.11. The smallest absolute Gasteiger partial charge is 0.263 e. The van der Waals surface area contributed by atoms with Gasteiger partial charge in [0.1, 0.15) is 11.9 Å². The van der Waals surface area contributed by atoms with E-state index in [9.17, 15) is 4.79 Å². The van der Waals surface area contributed by atoms with Crippen LogP contribution in [-0.2, 0) is 6.42 Å². The zero-order chi connectivity index (χ0) is 18.3. The van der Waals surface area contributed by atoms with Crippen LogP contribution in [0.25, 0.3) is 16.7 Å². The first kappa shape index (κ1) is 17.2. The van der Waals surface area contributed by atoms with Crippen molar-refractivity contribution in [3.8, 4) is 11.4 Å². The van der Waals surface area contributed by atoms with Gasteiger partial charge in [-0.2, -0.15) is 0 Å². The molecule has 2 aromatic heterocycles. The quantitative estimate of drug-likeness (QED) is 0.693. The van der Waals surface area contributed by atoms with Crippen molar-refractivity contribution in [2.45, 2.75) is 50.5 Å². The van der Waals surface area contributed by atoms with Gasteiger partial charge in [-0.05, 0) is 37.1 Å². The van der Waals surface area contributed by atoms with Crippen LogP contribution in [0.15, 0.2) is 46.2 Å². The van der Waals surface area contributed by atoms with Crippen LogP contribution >= 0.6 is 12.6 Å². The van der Waals surface area contributed by atoms with Crippen molar-refractivity contribution in [2.24, 2.45) is 0 Å². The number of fused-ring (bicyclic) bond motifs is 3. The van der Waals surface area contributed by atoms with E-state index in [1.165, 1.54) is 0 Å². The molecule has 0 aliphatic carbocycles. The Morgan fingerprint density at radius 1 is 1.31 bits per heavy atom. The molecule has 4 rings (SSSR count). The maximum absolute atomic E-state index is 13.4. The fourth-order valence-corrected chi connectivity index (χ4v) is 3.88. The van der Waals surface area contributed by atoms with Gasteiger partial charge >= 0.3 is 0 Å². The minimum absolute atomic E-state index is 0.0499. The highest BCUT2D eigenvalue weighted by atomic mass is 32.1. The average molecular weight is 366 g/mol. The Kier molecular flexibility index (Phi) is 4.49. The predicted molar refractivity (Wildman–Crippen MR) is 107 cm³/mol. The fraction of sp³-hybridized carbons (Fsp3) is 0.333. The first-order valence-corrected chi connectivity index (χ1v) is 9.54. The van der Waals surface area contributed by atoms with E-state index in [0.29, 0.717) is 17.8 Å². The van der Waals surface area contributed by atoms with Gasteiger partial charge in [0.05, 0.1) is 16.6 Å². The van der Waals surface area contributed by atoms with Gasteiger partial charge in [-0.25, -0.2) is 4.98 Å². The lowest BCUT2D eigenvalue weighted by atomic mass is 10.1. The van der Waals surface area contributed by atoms with Gasteiger partial charge in [0, 0.05) is 17.5 Å². The van der Waals surface area contributed by atoms with Gasteiger partial charge < -0.3 is 4.74 Å². The number of aryl methyl sites for hydroxylation is 1. The van der Waals surface area contributed by atoms with Gasteiger partial charge in [0.25, 0.3) is 5.56 Å². The third kappa shape index (κ3) is 2.71. The normalized spacial score (nSPS) is 15.9. The minimum Gasteiger partial charge on any atom is -0.489 e. The van der Waals surface area contributed by atoms with Crippen LogP contribution in [0.2, 0.25) is 0 Å². The van der Waals surface area contributed by atoms with Crippen molar-refractivity contribution in [1.82, 2.24) is 9.55 Å². The molecule has 5 heteroatoms. The molecule has 1 aliphatic rings. The monoisotopic (exact) mass is 366 g/mol. The van der Waals surface area contributed by atoms with E-state index in [2.05, 4.69) is 24.5 Å². The number of pyridine rings is 2. The van der Waals surface area contributed by atoms with Gasteiger partial charge in [-0.15, -0.1) is 12.6 Å². The van der Waals surface area contributed by atoms with Crippen LogP contribution in [0.5, 0.6) is 5.75 Å². The largest absolute Gasteiger partial charge is 0.489 e. The van der Waals surface area contributed by atoms with Gasteiger partial charge in [-0.1, -0.05) is 31.9 Å². The summed E-state index contributed by atoms with van der Waals surface area (Å²) in [7, 11) is 0. The summed E-state index contributed by atoms with van der Waals surface area (Å²) >= 11 is 4.65. The Bertz CT molecular complexity index is 1040. The lowest BCUT2D eigenvalue weighted by Crippen LogP contribution is -2.23. The molecule has 1 aliphatic heterocycles. The zero-order valence-corrected chi connectivity index (χ0v) is 15.9. The van der Waals surface area contributed by atoms with E-state index in [4.69, 9.17) is 4.74 Å². The Morgan fingerprint density at radius 3 is 2.96 bits per heavy atom. The number of unbranched alkanes of at least 4 members (excludes halogenated alkanes) is 1. The topological polar surface area (TPSA) is 44.1 Å². The maximum Gasteiger partial charge on any atom is 0.263 e. The molecule has 1 unspecified atom stereocenters. The third-order valence-corrected chi connectivity index (χ3v) is 5.61. The molecule has 134 valence electrons. The molecule has 3 aromatic rings. The number of aromatic nitrogens is 2. The summed E-state index contributed by atoms with van der Waals surface area (Å²) in [5, 5.41) is 0.885. The van der Waals surface area contributed by atoms with Gasteiger partial charge in [-0.3, -0.25) is 9.36 Å². The number of ether oxygens (including phenoxy) is 1. The zero-order valence-electron chi connectivity index (χ0n) is 15.0. The number of rotatable bonds is 4. The van der Waals surface area contributed by atoms with Crippen LogP contribution in [0, 0.1) is 6.92 Å². The molecule has 0 radical (unpaired) electrons. The lowest BCUT2D eigenvalue weighted by Gasteiger charge is -2.15. The third-order valence-electron chi connectivity index (χ3n) is 5.03. The summed E-state index contributed by atoms with van der Waals surface area (Å²) in [6.07, 6.45) is 5.63. The van der Waals surface area contributed by atoms with Crippen molar-refractivity contribution in [1.29, 1.82) is 0 Å². The standard InChI is InChI=1S/C21H22N2O2S/c1-3-4-8-14-12-16-18(25-14)15-9-6-11-22-20(15)23(21(16)24)17-10-5-7-13(2)19(17)26/h5-7,9-11,14,26H,3-4,8,12H2,1-2H3. The fourth-order valence-electron chi connectivity index (χ4n) is 3.63. The second kappa shape index (κ2) is 6.80. The molecule has 0 spiro atoms. The number of nitrogens with zero attached hydrogens (tertiary/aromatic N) is 2. The van der Waals surface area contributed by atoms with Crippen LogP contribution in [0.3, 0.4) is 0 Å². The molecule has 3 heterocycles. The molecule has 26 heavy (non-hydrogen) atoms. The number of hydrogen-bond acceptors (Lipinski definition) is 4. The Hall–Kier alpha value is -2.27.